The molecule has 0 bridgehead atoms. The Kier molecular flexibility index (Phi) is 6.54. The van der Waals surface area contributed by atoms with E-state index in [0.717, 1.165) is 53.0 Å². The number of halogens is 1. The molecule has 0 aliphatic heterocycles. The lowest BCUT2D eigenvalue weighted by atomic mass is 10.1. The van der Waals surface area contributed by atoms with Crippen LogP contribution in [-0.2, 0) is 13.0 Å². The summed E-state index contributed by atoms with van der Waals surface area (Å²) in [6.07, 6.45) is 3.83. The van der Waals surface area contributed by atoms with E-state index in [-0.39, 0.29) is 11.7 Å². The average Bonchev–Trinajstić information content (AvgIpc) is 3.41. The molecule has 30 heavy (non-hydrogen) atoms. The molecule has 0 saturated heterocycles. The fourth-order valence-electron chi connectivity index (χ4n) is 3.55. The first-order valence-electron chi connectivity index (χ1n) is 10.2. The summed E-state index contributed by atoms with van der Waals surface area (Å²) in [5.74, 6) is 0.829. The zero-order chi connectivity index (χ0) is 20.8. The smallest absolute Gasteiger partial charge is 0.261 e. The standard InChI is InChI=1S/C24H24FN3OS/c25-19-13-11-18(12-14-19)17-28-21-8-4-3-7-20(21)27-23(28)10-2-1-5-15-26-24(29)22-9-6-16-30-22/h3-4,6-9,11-14,16H,1-2,5,10,15,17H2,(H,26,29). The van der Waals surface area contributed by atoms with Crippen molar-refractivity contribution < 1.29 is 9.18 Å². The van der Waals surface area contributed by atoms with Gasteiger partial charge >= 0.3 is 0 Å². The summed E-state index contributed by atoms with van der Waals surface area (Å²) >= 11 is 1.46. The molecular formula is C24H24FN3OS. The van der Waals surface area contributed by atoms with Gasteiger partial charge in [0.25, 0.3) is 5.91 Å². The largest absolute Gasteiger partial charge is 0.351 e. The molecule has 1 amide bonds. The third-order valence-corrected chi connectivity index (χ3v) is 5.96. The van der Waals surface area contributed by atoms with Gasteiger partial charge in [0.2, 0.25) is 0 Å². The molecule has 0 radical (unpaired) electrons. The monoisotopic (exact) mass is 421 g/mol. The van der Waals surface area contributed by atoms with Crippen LogP contribution in [0.2, 0.25) is 0 Å². The van der Waals surface area contributed by atoms with Gasteiger partial charge in [0.15, 0.2) is 0 Å². The van der Waals surface area contributed by atoms with Crippen LogP contribution in [0.5, 0.6) is 0 Å². The zero-order valence-electron chi connectivity index (χ0n) is 16.7. The number of thiophene rings is 1. The van der Waals surface area contributed by atoms with Crippen LogP contribution in [0.4, 0.5) is 4.39 Å². The number of carbonyl (C=O) groups excluding carboxylic acids is 1. The van der Waals surface area contributed by atoms with Gasteiger partial charge in [-0.25, -0.2) is 9.37 Å². The number of hydrogen-bond acceptors (Lipinski definition) is 3. The average molecular weight is 422 g/mol. The number of fused-ring (bicyclic) bond motifs is 1. The molecule has 0 saturated carbocycles. The number of benzene rings is 2. The van der Waals surface area contributed by atoms with Crippen LogP contribution in [0.3, 0.4) is 0 Å². The van der Waals surface area contributed by atoms with Crippen molar-refractivity contribution >= 4 is 28.3 Å². The number of unbranched alkanes of at least 4 members (excludes halogenated alkanes) is 2. The molecule has 0 fully saturated rings. The Hall–Kier alpha value is -2.99. The van der Waals surface area contributed by atoms with Crippen molar-refractivity contribution in [3.05, 3.63) is 88.1 Å². The molecule has 6 heteroatoms. The van der Waals surface area contributed by atoms with E-state index < -0.39 is 0 Å². The lowest BCUT2D eigenvalue weighted by Gasteiger charge is -2.10. The zero-order valence-corrected chi connectivity index (χ0v) is 17.5. The second-order valence-corrected chi connectivity index (χ2v) is 8.22. The summed E-state index contributed by atoms with van der Waals surface area (Å²) in [6, 6.07) is 18.5. The minimum atomic E-state index is -0.222. The molecule has 0 atom stereocenters. The third-order valence-electron chi connectivity index (χ3n) is 5.10. The third kappa shape index (κ3) is 4.94. The van der Waals surface area contributed by atoms with Gasteiger partial charge in [0.05, 0.1) is 15.9 Å². The van der Waals surface area contributed by atoms with Crippen molar-refractivity contribution in [3.63, 3.8) is 0 Å². The highest BCUT2D eigenvalue weighted by atomic mass is 32.1. The van der Waals surface area contributed by atoms with E-state index >= 15 is 0 Å². The maximum atomic E-state index is 13.3. The van der Waals surface area contributed by atoms with Crippen molar-refractivity contribution in [1.29, 1.82) is 0 Å². The predicted octanol–water partition coefficient (Wildman–Crippen LogP) is 5.43. The number of nitrogens with zero attached hydrogens (tertiary/aromatic N) is 2. The van der Waals surface area contributed by atoms with Gasteiger partial charge in [-0.3, -0.25) is 4.79 Å². The Morgan fingerprint density at radius 1 is 1.00 bits per heavy atom. The summed E-state index contributed by atoms with van der Waals surface area (Å²) in [5, 5.41) is 4.88. The van der Waals surface area contributed by atoms with Crippen molar-refractivity contribution in [2.45, 2.75) is 32.2 Å². The van der Waals surface area contributed by atoms with Crippen molar-refractivity contribution in [2.24, 2.45) is 0 Å². The highest BCUT2D eigenvalue weighted by Crippen LogP contribution is 2.20. The molecule has 2 heterocycles. The van der Waals surface area contributed by atoms with Crippen LogP contribution >= 0.6 is 11.3 Å². The van der Waals surface area contributed by atoms with Crippen molar-refractivity contribution in [1.82, 2.24) is 14.9 Å². The van der Waals surface area contributed by atoms with Gasteiger partial charge in [0, 0.05) is 19.5 Å². The fourth-order valence-corrected chi connectivity index (χ4v) is 4.19. The topological polar surface area (TPSA) is 46.9 Å². The predicted molar refractivity (Wildman–Crippen MR) is 119 cm³/mol. The van der Waals surface area contributed by atoms with Crippen LogP contribution in [0.25, 0.3) is 11.0 Å². The molecule has 2 aromatic carbocycles. The van der Waals surface area contributed by atoms with E-state index in [0.29, 0.717) is 13.1 Å². The first kappa shape index (κ1) is 20.3. The molecule has 4 aromatic rings. The normalized spacial score (nSPS) is 11.1. The van der Waals surface area contributed by atoms with E-state index in [1.165, 1.54) is 23.5 Å². The van der Waals surface area contributed by atoms with Crippen LogP contribution in [0, 0.1) is 5.82 Å². The number of rotatable bonds is 9. The molecule has 0 unspecified atom stereocenters. The van der Waals surface area contributed by atoms with E-state index in [1.807, 2.05) is 47.8 Å². The molecule has 1 N–H and O–H groups in total. The minimum Gasteiger partial charge on any atom is -0.351 e. The Morgan fingerprint density at radius 3 is 2.63 bits per heavy atom. The molecule has 0 aliphatic carbocycles. The molecular weight excluding hydrogens is 397 g/mol. The van der Waals surface area contributed by atoms with E-state index in [2.05, 4.69) is 16.0 Å². The summed E-state index contributed by atoms with van der Waals surface area (Å²) < 4.78 is 15.5. The summed E-state index contributed by atoms with van der Waals surface area (Å²) in [7, 11) is 0. The number of para-hydroxylation sites is 2. The van der Waals surface area contributed by atoms with Crippen LogP contribution in [-0.4, -0.2) is 22.0 Å². The van der Waals surface area contributed by atoms with Crippen molar-refractivity contribution in [3.8, 4) is 0 Å². The quantitative estimate of drug-likeness (QED) is 0.367. The van der Waals surface area contributed by atoms with E-state index in [1.54, 1.807) is 0 Å². The van der Waals surface area contributed by atoms with Gasteiger partial charge in [0.1, 0.15) is 11.6 Å². The fraction of sp³-hybridized carbons (Fsp3) is 0.250. The second kappa shape index (κ2) is 9.67. The number of aryl methyl sites for hydroxylation is 1. The van der Waals surface area contributed by atoms with Gasteiger partial charge in [-0.15, -0.1) is 11.3 Å². The van der Waals surface area contributed by atoms with Crippen LogP contribution in [0.15, 0.2) is 66.0 Å². The molecule has 4 rings (SSSR count). The van der Waals surface area contributed by atoms with E-state index in [9.17, 15) is 9.18 Å². The Balaban J connectivity index is 1.34. The summed E-state index contributed by atoms with van der Waals surface area (Å²) in [5.41, 5.74) is 3.13. The number of amides is 1. The van der Waals surface area contributed by atoms with Gasteiger partial charge in [-0.2, -0.15) is 0 Å². The maximum Gasteiger partial charge on any atom is 0.261 e. The highest BCUT2D eigenvalue weighted by molar-refractivity contribution is 7.12. The summed E-state index contributed by atoms with van der Waals surface area (Å²) in [4.78, 5) is 17.5. The SMILES string of the molecule is O=C(NCCCCCc1nc2ccccc2n1Cc1ccc(F)cc1)c1cccs1. The number of imidazole rings is 1. The molecule has 154 valence electrons. The molecule has 4 nitrogen and oxygen atoms in total. The first-order chi connectivity index (χ1) is 14.7. The van der Waals surface area contributed by atoms with Crippen LogP contribution < -0.4 is 5.32 Å². The molecule has 0 aliphatic rings. The second-order valence-electron chi connectivity index (χ2n) is 7.27. The van der Waals surface area contributed by atoms with Crippen LogP contribution in [0.1, 0.15) is 40.3 Å². The number of nitrogens with one attached hydrogen (secondary N) is 1. The Morgan fingerprint density at radius 2 is 1.83 bits per heavy atom. The highest BCUT2D eigenvalue weighted by Gasteiger charge is 2.11. The number of aromatic nitrogens is 2. The molecule has 2 aromatic heterocycles. The molecule has 0 spiro atoms. The van der Waals surface area contributed by atoms with Gasteiger partial charge < -0.3 is 9.88 Å². The van der Waals surface area contributed by atoms with Gasteiger partial charge in [-0.05, 0) is 54.1 Å². The minimum absolute atomic E-state index is 0.00564. The number of carbonyl (C=O) groups is 1. The lowest BCUT2D eigenvalue weighted by Crippen LogP contribution is -2.23. The lowest BCUT2D eigenvalue weighted by molar-refractivity contribution is 0.0957. The van der Waals surface area contributed by atoms with E-state index in [4.69, 9.17) is 4.98 Å². The Labute approximate surface area is 179 Å². The maximum absolute atomic E-state index is 13.3. The van der Waals surface area contributed by atoms with Gasteiger partial charge in [-0.1, -0.05) is 36.8 Å². The van der Waals surface area contributed by atoms with Crippen molar-refractivity contribution in [2.75, 3.05) is 6.54 Å². The first-order valence-corrected chi connectivity index (χ1v) is 11.1. The number of hydrogen-bond donors (Lipinski definition) is 1. The summed E-state index contributed by atoms with van der Waals surface area (Å²) in [6.45, 7) is 1.36. The Bertz CT molecular complexity index is 1100.